The number of halogens is 2. The summed E-state index contributed by atoms with van der Waals surface area (Å²) in [5.41, 5.74) is 2.03. The Hall–Kier alpha value is -3.45. The summed E-state index contributed by atoms with van der Waals surface area (Å²) < 4.78 is 14.4. The number of aromatic nitrogens is 2. The Bertz CT molecular complexity index is 1200. The number of H-pyrrole nitrogens is 1. The highest BCUT2D eigenvalue weighted by Gasteiger charge is 2.16. The Kier molecular flexibility index (Phi) is 6.87. The molecule has 0 fully saturated rings. The minimum absolute atomic E-state index is 0.0230. The molecule has 0 aliphatic rings. The van der Waals surface area contributed by atoms with Crippen LogP contribution in [0.4, 0.5) is 21.6 Å². The summed E-state index contributed by atoms with van der Waals surface area (Å²) in [6.45, 7) is 9.30. The number of pyridine rings is 2. The molecule has 3 rings (SSSR count). The summed E-state index contributed by atoms with van der Waals surface area (Å²) in [5.74, 6) is 0.732. The molecule has 0 amide bonds. The Balaban J connectivity index is 2.04. The molecule has 0 aliphatic carbocycles. The van der Waals surface area contributed by atoms with E-state index in [1.807, 2.05) is 13.8 Å². The summed E-state index contributed by atoms with van der Waals surface area (Å²) in [7, 11) is 0. The lowest BCUT2D eigenvalue weighted by Crippen LogP contribution is -2.15. The van der Waals surface area contributed by atoms with E-state index in [0.717, 1.165) is 5.69 Å². The largest absolute Gasteiger partial charge is 0.354 e. The first-order chi connectivity index (χ1) is 14.8. The SMILES string of the molecule is C=CN=C(C)Nc1cc(Nc2cc(-c3cc(Cl)ccc3F)c(=O)[nH]c2C(C)C)ccn1. The molecule has 2 aromatic heterocycles. The smallest absolute Gasteiger partial charge is 0.256 e. The molecule has 0 radical (unpaired) electrons. The molecule has 0 saturated carbocycles. The zero-order chi connectivity index (χ0) is 22.5. The van der Waals surface area contributed by atoms with Gasteiger partial charge in [-0.2, -0.15) is 0 Å². The third-order valence-corrected chi connectivity index (χ3v) is 4.74. The highest BCUT2D eigenvalue weighted by atomic mass is 35.5. The zero-order valence-electron chi connectivity index (χ0n) is 17.5. The normalized spacial score (nSPS) is 11.5. The molecule has 8 heteroatoms. The molecule has 31 heavy (non-hydrogen) atoms. The summed E-state index contributed by atoms with van der Waals surface area (Å²) in [5, 5.41) is 6.72. The van der Waals surface area contributed by atoms with Gasteiger partial charge >= 0.3 is 0 Å². The van der Waals surface area contributed by atoms with E-state index >= 15 is 0 Å². The number of aromatic amines is 1. The van der Waals surface area contributed by atoms with Gasteiger partial charge in [-0.15, -0.1) is 0 Å². The molecule has 1 aromatic carbocycles. The van der Waals surface area contributed by atoms with E-state index in [2.05, 4.69) is 32.2 Å². The number of rotatable bonds is 6. The van der Waals surface area contributed by atoms with Crippen LogP contribution in [0.25, 0.3) is 11.1 Å². The number of hydrogen-bond acceptors (Lipinski definition) is 4. The van der Waals surface area contributed by atoms with E-state index in [9.17, 15) is 9.18 Å². The first-order valence-corrected chi connectivity index (χ1v) is 10.0. The summed E-state index contributed by atoms with van der Waals surface area (Å²) in [6, 6.07) is 9.36. The van der Waals surface area contributed by atoms with Crippen LogP contribution in [0.5, 0.6) is 0 Å². The first-order valence-electron chi connectivity index (χ1n) is 9.66. The topological polar surface area (TPSA) is 82.2 Å². The van der Waals surface area contributed by atoms with Gasteiger partial charge < -0.3 is 15.6 Å². The standard InChI is InChI=1S/C23H23ClFN5O/c1-5-26-14(4)28-21-11-16(8-9-27-21)29-20-12-18(23(31)30-22(20)13(2)3)17-10-15(24)6-7-19(17)25/h5-13H,1H2,2-4H3,(H,30,31)(H2,26,27,28,29). The maximum atomic E-state index is 14.4. The van der Waals surface area contributed by atoms with Crippen LogP contribution in [0.15, 0.2) is 65.2 Å². The molecule has 3 N–H and O–H groups in total. The van der Waals surface area contributed by atoms with Gasteiger partial charge in [0.1, 0.15) is 17.5 Å². The van der Waals surface area contributed by atoms with Crippen molar-refractivity contribution in [2.45, 2.75) is 26.7 Å². The van der Waals surface area contributed by atoms with Crippen molar-refractivity contribution in [2.24, 2.45) is 4.99 Å². The van der Waals surface area contributed by atoms with E-state index in [4.69, 9.17) is 11.6 Å². The fourth-order valence-electron chi connectivity index (χ4n) is 3.09. The summed E-state index contributed by atoms with van der Waals surface area (Å²) in [4.78, 5) is 23.9. The van der Waals surface area contributed by atoms with Crippen molar-refractivity contribution in [1.82, 2.24) is 9.97 Å². The number of amidine groups is 1. The minimum Gasteiger partial charge on any atom is -0.354 e. The maximum absolute atomic E-state index is 14.4. The molecule has 0 saturated heterocycles. The lowest BCUT2D eigenvalue weighted by Gasteiger charge is -2.17. The Labute approximate surface area is 184 Å². The molecule has 6 nitrogen and oxygen atoms in total. The molecule has 3 aromatic rings. The van der Waals surface area contributed by atoms with E-state index in [-0.39, 0.29) is 22.6 Å². The van der Waals surface area contributed by atoms with Gasteiger partial charge in [0.2, 0.25) is 0 Å². The van der Waals surface area contributed by atoms with Crippen LogP contribution in [-0.4, -0.2) is 15.8 Å². The van der Waals surface area contributed by atoms with Crippen LogP contribution in [0.2, 0.25) is 5.02 Å². The lowest BCUT2D eigenvalue weighted by atomic mass is 10.0. The number of hydrogen-bond donors (Lipinski definition) is 3. The number of anilines is 3. The fourth-order valence-corrected chi connectivity index (χ4v) is 3.27. The number of benzene rings is 1. The monoisotopic (exact) mass is 439 g/mol. The van der Waals surface area contributed by atoms with Gasteiger partial charge in [-0.1, -0.05) is 32.0 Å². The zero-order valence-corrected chi connectivity index (χ0v) is 18.2. The molecular weight excluding hydrogens is 417 g/mol. The van der Waals surface area contributed by atoms with Crippen molar-refractivity contribution in [3.8, 4) is 11.1 Å². The average molecular weight is 440 g/mol. The van der Waals surface area contributed by atoms with Gasteiger partial charge in [-0.3, -0.25) is 4.79 Å². The summed E-state index contributed by atoms with van der Waals surface area (Å²) in [6.07, 6.45) is 3.08. The third kappa shape index (κ3) is 5.38. The number of nitrogens with one attached hydrogen (secondary N) is 3. The Morgan fingerprint density at radius 1 is 1.26 bits per heavy atom. The van der Waals surface area contributed by atoms with Crippen molar-refractivity contribution in [3.63, 3.8) is 0 Å². The fraction of sp³-hybridized carbons (Fsp3) is 0.174. The first kappa shape index (κ1) is 22.2. The third-order valence-electron chi connectivity index (χ3n) is 4.50. The molecule has 160 valence electrons. The maximum Gasteiger partial charge on any atom is 0.256 e. The van der Waals surface area contributed by atoms with Gasteiger partial charge in [0.15, 0.2) is 0 Å². The minimum atomic E-state index is -0.523. The van der Waals surface area contributed by atoms with Crippen LogP contribution < -0.4 is 16.2 Å². The van der Waals surface area contributed by atoms with Crippen molar-refractivity contribution < 1.29 is 4.39 Å². The van der Waals surface area contributed by atoms with Crippen molar-refractivity contribution in [3.05, 3.63) is 82.3 Å². The quantitative estimate of drug-likeness (QED) is 0.321. The van der Waals surface area contributed by atoms with E-state index in [0.29, 0.717) is 28.1 Å². The number of aliphatic imine (C=N–C) groups is 1. The van der Waals surface area contributed by atoms with Crippen molar-refractivity contribution >= 4 is 34.6 Å². The number of nitrogens with zero attached hydrogens (tertiary/aromatic N) is 2. The molecule has 0 unspecified atom stereocenters. The van der Waals surface area contributed by atoms with Gasteiger partial charge in [0.05, 0.1) is 11.3 Å². The lowest BCUT2D eigenvalue weighted by molar-refractivity contribution is 0.631. The van der Waals surface area contributed by atoms with Crippen LogP contribution >= 0.6 is 11.6 Å². The Morgan fingerprint density at radius 2 is 2.03 bits per heavy atom. The second-order valence-corrected chi connectivity index (χ2v) is 7.63. The van der Waals surface area contributed by atoms with Gasteiger partial charge in [-0.25, -0.2) is 14.4 Å². The van der Waals surface area contributed by atoms with E-state index < -0.39 is 5.82 Å². The average Bonchev–Trinajstić information content (AvgIpc) is 2.71. The second kappa shape index (κ2) is 9.57. The molecule has 0 spiro atoms. The van der Waals surface area contributed by atoms with Crippen molar-refractivity contribution in [1.29, 1.82) is 0 Å². The van der Waals surface area contributed by atoms with Crippen LogP contribution in [-0.2, 0) is 0 Å². The predicted molar refractivity (Wildman–Crippen MR) is 126 cm³/mol. The molecule has 0 bridgehead atoms. The summed E-state index contributed by atoms with van der Waals surface area (Å²) >= 11 is 6.03. The Morgan fingerprint density at radius 3 is 2.74 bits per heavy atom. The van der Waals surface area contributed by atoms with Crippen molar-refractivity contribution in [2.75, 3.05) is 10.6 Å². The van der Waals surface area contributed by atoms with Gasteiger partial charge in [-0.05, 0) is 43.2 Å². The van der Waals surface area contributed by atoms with Crippen LogP contribution in [0, 0.1) is 5.82 Å². The molecule has 2 heterocycles. The van der Waals surface area contributed by atoms with Gasteiger partial charge in [0.25, 0.3) is 5.56 Å². The predicted octanol–water partition coefficient (Wildman–Crippen LogP) is 6.07. The highest BCUT2D eigenvalue weighted by Crippen LogP contribution is 2.30. The van der Waals surface area contributed by atoms with E-state index in [1.54, 1.807) is 31.3 Å². The molecular formula is C23H23ClFN5O. The van der Waals surface area contributed by atoms with E-state index in [1.165, 1.54) is 24.4 Å². The van der Waals surface area contributed by atoms with Gasteiger partial charge in [0, 0.05) is 40.4 Å². The van der Waals surface area contributed by atoms with Crippen LogP contribution in [0.1, 0.15) is 32.4 Å². The second-order valence-electron chi connectivity index (χ2n) is 7.20. The molecule has 0 atom stereocenters. The highest BCUT2D eigenvalue weighted by molar-refractivity contribution is 6.30. The molecule has 0 aliphatic heterocycles. The van der Waals surface area contributed by atoms with Crippen LogP contribution in [0.3, 0.4) is 0 Å².